The quantitative estimate of drug-likeness (QED) is 0.773. The maximum Gasteiger partial charge on any atom is 0.274 e. The van der Waals surface area contributed by atoms with Gasteiger partial charge in [-0.1, -0.05) is 12.1 Å². The number of aromatic nitrogens is 2. The monoisotopic (exact) mass is 278 g/mol. The largest absolute Gasteiger partial charge is 0.388 e. The molecule has 2 aromatic heterocycles. The zero-order valence-corrected chi connectivity index (χ0v) is 11.5. The lowest BCUT2D eigenvalue weighted by Gasteiger charge is -2.08. The van der Waals surface area contributed by atoms with E-state index in [2.05, 4.69) is 20.6 Å². The van der Waals surface area contributed by atoms with E-state index in [0.717, 1.165) is 22.1 Å². The molecular formula is C16H14N4O. The molecular weight excluding hydrogens is 264 g/mol. The molecule has 0 fully saturated rings. The Balaban J connectivity index is 1.93. The first kappa shape index (κ1) is 13.1. The van der Waals surface area contributed by atoms with Gasteiger partial charge in [0.25, 0.3) is 5.91 Å². The summed E-state index contributed by atoms with van der Waals surface area (Å²) in [6.07, 6.45) is 5.08. The van der Waals surface area contributed by atoms with Gasteiger partial charge < -0.3 is 10.6 Å². The minimum Gasteiger partial charge on any atom is -0.388 e. The Kier molecular flexibility index (Phi) is 3.47. The molecule has 0 unspecified atom stereocenters. The zero-order chi connectivity index (χ0) is 14.7. The second-order valence-corrected chi connectivity index (χ2v) is 4.54. The summed E-state index contributed by atoms with van der Waals surface area (Å²) >= 11 is 0. The molecule has 0 saturated heterocycles. The number of rotatable bonds is 3. The standard InChI is InChI=1S/C16H14N4O/c1-17-12-5-8-19-15(9-12)16(21)20-14-4-2-3-11-10-18-7-6-13(11)14/h2-10H,1H3,(H,17,19)(H,20,21). The summed E-state index contributed by atoms with van der Waals surface area (Å²) < 4.78 is 0. The lowest BCUT2D eigenvalue weighted by Crippen LogP contribution is -2.14. The summed E-state index contributed by atoms with van der Waals surface area (Å²) in [5.74, 6) is -0.239. The first-order valence-electron chi connectivity index (χ1n) is 6.56. The average molecular weight is 278 g/mol. The summed E-state index contributed by atoms with van der Waals surface area (Å²) in [6, 6.07) is 11.1. The fraction of sp³-hybridized carbons (Fsp3) is 0.0625. The van der Waals surface area contributed by atoms with Crippen LogP contribution in [0.25, 0.3) is 10.8 Å². The van der Waals surface area contributed by atoms with E-state index in [9.17, 15) is 4.79 Å². The predicted molar refractivity (Wildman–Crippen MR) is 83.5 cm³/mol. The topological polar surface area (TPSA) is 66.9 Å². The van der Waals surface area contributed by atoms with E-state index >= 15 is 0 Å². The molecule has 0 spiro atoms. The summed E-state index contributed by atoms with van der Waals surface area (Å²) in [6.45, 7) is 0. The maximum absolute atomic E-state index is 12.3. The number of nitrogens with zero attached hydrogens (tertiary/aromatic N) is 2. The molecule has 5 heteroatoms. The van der Waals surface area contributed by atoms with Crippen LogP contribution in [0.2, 0.25) is 0 Å². The van der Waals surface area contributed by atoms with Crippen LogP contribution in [0, 0.1) is 0 Å². The molecule has 2 heterocycles. The van der Waals surface area contributed by atoms with Crippen LogP contribution >= 0.6 is 0 Å². The van der Waals surface area contributed by atoms with Gasteiger partial charge in [0.1, 0.15) is 5.69 Å². The van der Waals surface area contributed by atoms with Gasteiger partial charge in [-0.05, 0) is 24.3 Å². The molecule has 0 aliphatic carbocycles. The number of amides is 1. The van der Waals surface area contributed by atoms with Gasteiger partial charge in [-0.3, -0.25) is 14.8 Å². The second kappa shape index (κ2) is 5.58. The highest BCUT2D eigenvalue weighted by molar-refractivity contribution is 6.08. The molecule has 0 radical (unpaired) electrons. The van der Waals surface area contributed by atoms with E-state index < -0.39 is 0 Å². The van der Waals surface area contributed by atoms with Crippen molar-refractivity contribution in [2.24, 2.45) is 0 Å². The summed E-state index contributed by atoms with van der Waals surface area (Å²) in [4.78, 5) is 20.5. The van der Waals surface area contributed by atoms with Crippen LogP contribution in [0.4, 0.5) is 11.4 Å². The van der Waals surface area contributed by atoms with Crippen LogP contribution in [0.3, 0.4) is 0 Å². The van der Waals surface area contributed by atoms with Crippen LogP contribution in [-0.2, 0) is 0 Å². The van der Waals surface area contributed by atoms with Crippen molar-refractivity contribution >= 4 is 28.1 Å². The van der Waals surface area contributed by atoms with Crippen LogP contribution in [0.15, 0.2) is 55.0 Å². The maximum atomic E-state index is 12.3. The van der Waals surface area contributed by atoms with Gasteiger partial charge in [0.05, 0.1) is 0 Å². The van der Waals surface area contributed by atoms with E-state index in [0.29, 0.717) is 5.69 Å². The number of benzene rings is 1. The van der Waals surface area contributed by atoms with Gasteiger partial charge in [0.15, 0.2) is 0 Å². The Morgan fingerprint density at radius 3 is 2.90 bits per heavy atom. The van der Waals surface area contributed by atoms with E-state index in [4.69, 9.17) is 0 Å². The molecule has 1 aromatic carbocycles. The Morgan fingerprint density at radius 2 is 2.05 bits per heavy atom. The number of anilines is 2. The SMILES string of the molecule is CNc1ccnc(C(=O)Nc2cccc3cnccc23)c1. The third-order valence-electron chi connectivity index (χ3n) is 3.21. The van der Waals surface area contributed by atoms with Crippen molar-refractivity contribution in [3.63, 3.8) is 0 Å². The van der Waals surface area contributed by atoms with Crippen molar-refractivity contribution in [2.45, 2.75) is 0 Å². The molecule has 21 heavy (non-hydrogen) atoms. The minimum absolute atomic E-state index is 0.239. The Labute approximate surface area is 122 Å². The average Bonchev–Trinajstić information content (AvgIpc) is 2.55. The third-order valence-corrected chi connectivity index (χ3v) is 3.21. The lowest BCUT2D eigenvalue weighted by molar-refractivity contribution is 0.102. The smallest absolute Gasteiger partial charge is 0.274 e. The third kappa shape index (κ3) is 2.67. The molecule has 0 bridgehead atoms. The predicted octanol–water partition coefficient (Wildman–Crippen LogP) is 2.92. The first-order valence-corrected chi connectivity index (χ1v) is 6.56. The molecule has 2 N–H and O–H groups in total. The molecule has 1 amide bonds. The first-order chi connectivity index (χ1) is 10.3. The van der Waals surface area contributed by atoms with Gasteiger partial charge in [0.2, 0.25) is 0 Å². The summed E-state index contributed by atoms with van der Waals surface area (Å²) in [5.41, 5.74) is 1.96. The number of pyridine rings is 2. The summed E-state index contributed by atoms with van der Waals surface area (Å²) in [5, 5.41) is 7.81. The van der Waals surface area contributed by atoms with Crippen molar-refractivity contribution in [1.29, 1.82) is 0 Å². The number of nitrogens with one attached hydrogen (secondary N) is 2. The van der Waals surface area contributed by atoms with Gasteiger partial charge in [0, 0.05) is 47.8 Å². The minimum atomic E-state index is -0.239. The van der Waals surface area contributed by atoms with E-state index in [1.165, 1.54) is 0 Å². The molecule has 0 aliphatic rings. The Bertz CT molecular complexity index is 796. The van der Waals surface area contributed by atoms with Gasteiger partial charge >= 0.3 is 0 Å². The van der Waals surface area contributed by atoms with Crippen LogP contribution < -0.4 is 10.6 Å². The fourth-order valence-corrected chi connectivity index (χ4v) is 2.13. The normalized spacial score (nSPS) is 10.3. The van der Waals surface area contributed by atoms with Crippen LogP contribution in [0.1, 0.15) is 10.5 Å². The Morgan fingerprint density at radius 1 is 1.14 bits per heavy atom. The van der Waals surface area contributed by atoms with Crippen LogP contribution in [0.5, 0.6) is 0 Å². The van der Waals surface area contributed by atoms with E-state index in [1.807, 2.05) is 24.3 Å². The second-order valence-electron chi connectivity index (χ2n) is 4.54. The van der Waals surface area contributed by atoms with Gasteiger partial charge in [-0.15, -0.1) is 0 Å². The molecule has 3 aromatic rings. The number of hydrogen-bond acceptors (Lipinski definition) is 4. The number of fused-ring (bicyclic) bond motifs is 1. The highest BCUT2D eigenvalue weighted by atomic mass is 16.1. The van der Waals surface area contributed by atoms with Crippen molar-refractivity contribution in [3.05, 3.63) is 60.7 Å². The molecule has 5 nitrogen and oxygen atoms in total. The van der Waals surface area contributed by atoms with E-state index in [1.54, 1.807) is 37.8 Å². The molecule has 3 rings (SSSR count). The fourth-order valence-electron chi connectivity index (χ4n) is 2.13. The van der Waals surface area contributed by atoms with Crippen molar-refractivity contribution in [3.8, 4) is 0 Å². The lowest BCUT2D eigenvalue weighted by atomic mass is 10.1. The van der Waals surface area contributed by atoms with Gasteiger partial charge in [-0.25, -0.2) is 0 Å². The number of hydrogen-bond donors (Lipinski definition) is 2. The number of carbonyl (C=O) groups is 1. The highest BCUT2D eigenvalue weighted by Gasteiger charge is 2.10. The molecule has 0 atom stereocenters. The summed E-state index contributed by atoms with van der Waals surface area (Å²) in [7, 11) is 1.80. The highest BCUT2D eigenvalue weighted by Crippen LogP contribution is 2.22. The van der Waals surface area contributed by atoms with Gasteiger partial charge in [-0.2, -0.15) is 0 Å². The van der Waals surface area contributed by atoms with Crippen molar-refractivity contribution in [2.75, 3.05) is 17.7 Å². The Hall–Kier alpha value is -2.95. The van der Waals surface area contributed by atoms with E-state index in [-0.39, 0.29) is 5.91 Å². The molecule has 104 valence electrons. The molecule has 0 aliphatic heterocycles. The molecule has 0 saturated carbocycles. The van der Waals surface area contributed by atoms with Crippen molar-refractivity contribution < 1.29 is 4.79 Å². The zero-order valence-electron chi connectivity index (χ0n) is 11.5. The van der Waals surface area contributed by atoms with Crippen LogP contribution in [-0.4, -0.2) is 22.9 Å². The van der Waals surface area contributed by atoms with Crippen molar-refractivity contribution in [1.82, 2.24) is 9.97 Å². The number of carbonyl (C=O) groups excluding carboxylic acids is 1.